The molecule has 0 fully saturated rings. The van der Waals surface area contributed by atoms with Crippen molar-refractivity contribution >= 4 is 34.7 Å². The molecule has 1 atom stereocenters. The number of hydrogen-bond donors (Lipinski definition) is 1. The summed E-state index contributed by atoms with van der Waals surface area (Å²) in [4.78, 5) is 0. The predicted molar refractivity (Wildman–Crippen MR) is 53.7 cm³/mol. The second-order valence-corrected chi connectivity index (χ2v) is 5.68. The highest BCUT2D eigenvalue weighted by molar-refractivity contribution is 8.01. The summed E-state index contributed by atoms with van der Waals surface area (Å²) in [5.74, 6) is 0. The first-order valence-corrected chi connectivity index (χ1v) is 5.42. The third kappa shape index (κ3) is 3.03. The molecule has 0 saturated heterocycles. The summed E-state index contributed by atoms with van der Waals surface area (Å²) in [6.45, 7) is 2.82. The van der Waals surface area contributed by atoms with Gasteiger partial charge in [0, 0.05) is 11.8 Å². The van der Waals surface area contributed by atoms with Gasteiger partial charge in [0.05, 0.1) is 8.55 Å². The lowest BCUT2D eigenvalue weighted by molar-refractivity contribution is 0.953. The van der Waals surface area contributed by atoms with Gasteiger partial charge in [-0.15, -0.1) is 23.1 Å². The molecule has 0 aromatic carbocycles. The summed E-state index contributed by atoms with van der Waals surface area (Å²) >= 11 is 9.14. The quantitative estimate of drug-likeness (QED) is 0.772. The van der Waals surface area contributed by atoms with Crippen molar-refractivity contribution < 1.29 is 0 Å². The molecule has 0 aliphatic rings. The third-order valence-corrected chi connectivity index (χ3v) is 3.73. The number of thiophene rings is 1. The Kier molecular flexibility index (Phi) is 3.72. The minimum Gasteiger partial charge on any atom is -0.329 e. The van der Waals surface area contributed by atoms with Crippen molar-refractivity contribution in [1.29, 1.82) is 0 Å². The zero-order valence-corrected chi connectivity index (χ0v) is 8.60. The number of hydrogen-bond acceptors (Lipinski definition) is 3. The van der Waals surface area contributed by atoms with Gasteiger partial charge in [0.25, 0.3) is 0 Å². The van der Waals surface area contributed by atoms with E-state index in [-0.39, 0.29) is 0 Å². The molecule has 0 bridgehead atoms. The Labute approximate surface area is 79.9 Å². The molecule has 1 aromatic heterocycles. The number of halogens is 1. The van der Waals surface area contributed by atoms with Crippen LogP contribution in [0.4, 0.5) is 0 Å². The van der Waals surface area contributed by atoms with Crippen LogP contribution in [0.2, 0.25) is 4.34 Å². The Morgan fingerprint density at radius 1 is 1.73 bits per heavy atom. The third-order valence-electron chi connectivity index (χ3n) is 1.20. The van der Waals surface area contributed by atoms with Crippen LogP contribution in [0.3, 0.4) is 0 Å². The van der Waals surface area contributed by atoms with E-state index in [4.69, 9.17) is 17.3 Å². The monoisotopic (exact) mass is 207 g/mol. The molecule has 0 aliphatic heterocycles. The Bertz CT molecular complexity index is 224. The lowest BCUT2D eigenvalue weighted by Gasteiger charge is -2.03. The van der Waals surface area contributed by atoms with Crippen LogP contribution in [0, 0.1) is 0 Å². The maximum atomic E-state index is 5.76. The molecule has 1 rings (SSSR count). The van der Waals surface area contributed by atoms with Crippen LogP contribution >= 0.6 is 34.7 Å². The predicted octanol–water partition coefficient (Wildman–Crippen LogP) is 2.84. The van der Waals surface area contributed by atoms with Gasteiger partial charge in [0.1, 0.15) is 0 Å². The van der Waals surface area contributed by atoms with Gasteiger partial charge in [-0.3, -0.25) is 0 Å². The summed E-state index contributed by atoms with van der Waals surface area (Å²) in [5, 5.41) is 0.477. The summed E-state index contributed by atoms with van der Waals surface area (Å²) in [6.07, 6.45) is 0. The molecule has 0 spiro atoms. The van der Waals surface area contributed by atoms with Crippen LogP contribution in [-0.4, -0.2) is 11.8 Å². The van der Waals surface area contributed by atoms with Gasteiger partial charge < -0.3 is 5.73 Å². The fraction of sp³-hybridized carbons (Fsp3) is 0.429. The van der Waals surface area contributed by atoms with E-state index in [1.165, 1.54) is 4.21 Å². The van der Waals surface area contributed by atoms with Gasteiger partial charge in [-0.25, -0.2) is 0 Å². The summed E-state index contributed by atoms with van der Waals surface area (Å²) in [6, 6.07) is 3.95. The van der Waals surface area contributed by atoms with E-state index in [0.29, 0.717) is 11.8 Å². The average Bonchev–Trinajstić information content (AvgIpc) is 2.35. The van der Waals surface area contributed by atoms with Crippen molar-refractivity contribution in [2.45, 2.75) is 16.4 Å². The molecule has 2 N–H and O–H groups in total. The van der Waals surface area contributed by atoms with Crippen LogP contribution in [0.25, 0.3) is 0 Å². The van der Waals surface area contributed by atoms with Gasteiger partial charge in [0.2, 0.25) is 0 Å². The van der Waals surface area contributed by atoms with E-state index in [9.17, 15) is 0 Å². The first-order valence-electron chi connectivity index (χ1n) is 3.34. The van der Waals surface area contributed by atoms with Gasteiger partial charge in [-0.2, -0.15) is 0 Å². The fourth-order valence-electron chi connectivity index (χ4n) is 0.607. The molecular formula is C7H10ClNS2. The van der Waals surface area contributed by atoms with Crippen LogP contribution in [0.15, 0.2) is 16.3 Å². The number of rotatable bonds is 3. The first-order chi connectivity index (χ1) is 5.22. The molecule has 1 heterocycles. The summed E-state index contributed by atoms with van der Waals surface area (Å²) < 4.78 is 2.09. The van der Waals surface area contributed by atoms with Crippen molar-refractivity contribution in [3.05, 3.63) is 16.5 Å². The van der Waals surface area contributed by atoms with Gasteiger partial charge in [-0.1, -0.05) is 18.5 Å². The second kappa shape index (κ2) is 4.36. The van der Waals surface area contributed by atoms with E-state index in [1.54, 1.807) is 23.1 Å². The van der Waals surface area contributed by atoms with Gasteiger partial charge in [-0.05, 0) is 12.1 Å². The molecule has 0 radical (unpaired) electrons. The Balaban J connectivity index is 2.50. The van der Waals surface area contributed by atoms with E-state index >= 15 is 0 Å². The van der Waals surface area contributed by atoms with E-state index < -0.39 is 0 Å². The van der Waals surface area contributed by atoms with Gasteiger partial charge >= 0.3 is 0 Å². The normalized spacial score (nSPS) is 13.4. The smallest absolute Gasteiger partial charge is 0.0940 e. The van der Waals surface area contributed by atoms with E-state index in [2.05, 4.69) is 6.92 Å². The van der Waals surface area contributed by atoms with Crippen molar-refractivity contribution in [1.82, 2.24) is 0 Å². The lowest BCUT2D eigenvalue weighted by Crippen LogP contribution is -2.11. The van der Waals surface area contributed by atoms with Crippen molar-refractivity contribution in [3.8, 4) is 0 Å². The van der Waals surface area contributed by atoms with Crippen molar-refractivity contribution in [3.63, 3.8) is 0 Å². The Hall–Kier alpha value is 0.300. The highest BCUT2D eigenvalue weighted by atomic mass is 35.5. The second-order valence-electron chi connectivity index (χ2n) is 2.22. The largest absolute Gasteiger partial charge is 0.329 e. The number of nitrogens with two attached hydrogens (primary N) is 1. The minimum atomic E-state index is 0.477. The molecule has 1 unspecified atom stereocenters. The van der Waals surface area contributed by atoms with Crippen LogP contribution in [0.1, 0.15) is 6.92 Å². The average molecular weight is 208 g/mol. The maximum Gasteiger partial charge on any atom is 0.0940 e. The molecule has 4 heteroatoms. The Morgan fingerprint density at radius 2 is 2.45 bits per heavy atom. The van der Waals surface area contributed by atoms with Gasteiger partial charge in [0.15, 0.2) is 0 Å². The van der Waals surface area contributed by atoms with Crippen LogP contribution in [-0.2, 0) is 0 Å². The van der Waals surface area contributed by atoms with E-state index in [0.717, 1.165) is 4.34 Å². The summed E-state index contributed by atoms with van der Waals surface area (Å²) in [5.41, 5.74) is 5.48. The molecule has 62 valence electrons. The molecule has 0 aliphatic carbocycles. The van der Waals surface area contributed by atoms with E-state index in [1.807, 2.05) is 12.1 Å². The molecule has 0 amide bonds. The molecule has 1 nitrogen and oxygen atoms in total. The first kappa shape index (κ1) is 9.39. The maximum absolute atomic E-state index is 5.76. The minimum absolute atomic E-state index is 0.477. The number of thioether (sulfide) groups is 1. The molecule has 0 saturated carbocycles. The van der Waals surface area contributed by atoms with Crippen molar-refractivity contribution in [2.75, 3.05) is 6.54 Å². The topological polar surface area (TPSA) is 26.0 Å². The highest BCUT2D eigenvalue weighted by Gasteiger charge is 2.03. The SMILES string of the molecule is CC(CN)Sc1ccc(Cl)s1. The molecule has 11 heavy (non-hydrogen) atoms. The zero-order chi connectivity index (χ0) is 8.27. The summed E-state index contributed by atoms with van der Waals surface area (Å²) in [7, 11) is 0. The fourth-order valence-corrected chi connectivity index (χ4v) is 3.12. The Morgan fingerprint density at radius 3 is 2.91 bits per heavy atom. The lowest BCUT2D eigenvalue weighted by atomic mass is 10.5. The van der Waals surface area contributed by atoms with Crippen LogP contribution in [0.5, 0.6) is 0 Å². The molecular weight excluding hydrogens is 198 g/mol. The standard InChI is InChI=1S/C7H10ClNS2/c1-5(4-9)10-7-3-2-6(8)11-7/h2-3,5H,4,9H2,1H3. The van der Waals surface area contributed by atoms with Crippen molar-refractivity contribution in [2.24, 2.45) is 5.73 Å². The molecule has 1 aromatic rings. The zero-order valence-electron chi connectivity index (χ0n) is 6.21. The highest BCUT2D eigenvalue weighted by Crippen LogP contribution is 2.32. The van der Waals surface area contributed by atoms with Crippen LogP contribution < -0.4 is 5.73 Å².